The van der Waals surface area contributed by atoms with Gasteiger partial charge in [-0.1, -0.05) is 23.3 Å². The molecule has 1 fully saturated rings. The highest BCUT2D eigenvalue weighted by atomic mass is 16.6. The van der Waals surface area contributed by atoms with E-state index in [1.807, 2.05) is 26.0 Å². The van der Waals surface area contributed by atoms with Gasteiger partial charge in [-0.3, -0.25) is 24.6 Å². The molecule has 4 rings (SSSR count). The maximum absolute atomic E-state index is 12.9. The molecule has 1 aliphatic heterocycles. The quantitative estimate of drug-likeness (QED) is 0.342. The highest BCUT2D eigenvalue weighted by Crippen LogP contribution is 2.42. The summed E-state index contributed by atoms with van der Waals surface area (Å²) >= 11 is 0. The Kier molecular flexibility index (Phi) is 4.34. The van der Waals surface area contributed by atoms with Crippen LogP contribution in [0.15, 0.2) is 59.7 Å². The SMILES string of the molecule is CC1=C(C)CC2C(=O)N(c3ccc(-c4ccc([N+](=O)[O-])cc4)cc3)C(=O)C2C1. The molecule has 0 N–H and O–H groups in total. The number of nitro groups is 1. The van der Waals surface area contributed by atoms with Crippen molar-refractivity contribution in [2.75, 3.05) is 4.90 Å². The number of nitro benzene ring substituents is 1. The van der Waals surface area contributed by atoms with Gasteiger partial charge in [0.1, 0.15) is 0 Å². The van der Waals surface area contributed by atoms with Gasteiger partial charge in [0.05, 0.1) is 22.4 Å². The second-order valence-electron chi connectivity index (χ2n) is 7.54. The van der Waals surface area contributed by atoms with Crippen LogP contribution in [0.2, 0.25) is 0 Å². The molecule has 0 bridgehead atoms. The predicted octanol–water partition coefficient (Wildman–Crippen LogP) is 4.50. The van der Waals surface area contributed by atoms with Crippen LogP contribution < -0.4 is 4.90 Å². The number of allylic oxidation sites excluding steroid dienone is 2. The third-order valence-electron chi connectivity index (χ3n) is 5.88. The number of hydrogen-bond donors (Lipinski definition) is 0. The van der Waals surface area contributed by atoms with E-state index in [4.69, 9.17) is 0 Å². The molecule has 1 heterocycles. The summed E-state index contributed by atoms with van der Waals surface area (Å²) in [6.07, 6.45) is 1.30. The molecule has 0 radical (unpaired) electrons. The summed E-state index contributed by atoms with van der Waals surface area (Å²) in [6.45, 7) is 4.07. The molecule has 2 unspecified atom stereocenters. The fraction of sp³-hybridized carbons (Fsp3) is 0.273. The van der Waals surface area contributed by atoms with Crippen LogP contribution in [0.25, 0.3) is 11.1 Å². The average Bonchev–Trinajstić information content (AvgIpc) is 2.92. The zero-order valence-electron chi connectivity index (χ0n) is 15.7. The minimum Gasteiger partial charge on any atom is -0.274 e. The first-order valence-corrected chi connectivity index (χ1v) is 9.24. The molecule has 2 aromatic rings. The van der Waals surface area contributed by atoms with E-state index in [1.54, 1.807) is 24.3 Å². The fourth-order valence-corrected chi connectivity index (χ4v) is 4.08. The molecule has 1 saturated heterocycles. The normalized spacial score (nSPS) is 21.9. The molecule has 0 aromatic heterocycles. The monoisotopic (exact) mass is 376 g/mol. The Morgan fingerprint density at radius 2 is 1.25 bits per heavy atom. The molecule has 6 heteroatoms. The van der Waals surface area contributed by atoms with Gasteiger partial charge in [-0.05, 0) is 62.1 Å². The van der Waals surface area contributed by atoms with Gasteiger partial charge >= 0.3 is 0 Å². The maximum Gasteiger partial charge on any atom is 0.269 e. The summed E-state index contributed by atoms with van der Waals surface area (Å²) in [4.78, 5) is 37.4. The minimum atomic E-state index is -0.435. The molecule has 28 heavy (non-hydrogen) atoms. The first-order valence-electron chi connectivity index (χ1n) is 9.24. The number of amides is 2. The highest BCUT2D eigenvalue weighted by Gasteiger charge is 2.49. The number of benzene rings is 2. The zero-order chi connectivity index (χ0) is 20.0. The Labute approximate surface area is 162 Å². The molecule has 2 atom stereocenters. The number of carbonyl (C=O) groups is 2. The Morgan fingerprint density at radius 1 is 0.821 bits per heavy atom. The molecule has 2 aliphatic rings. The number of non-ortho nitro benzene ring substituents is 1. The Hall–Kier alpha value is -3.28. The van der Waals surface area contributed by atoms with Gasteiger partial charge in [0.2, 0.25) is 11.8 Å². The fourth-order valence-electron chi connectivity index (χ4n) is 4.08. The van der Waals surface area contributed by atoms with Crippen LogP contribution in [0.1, 0.15) is 26.7 Å². The Morgan fingerprint density at radius 3 is 1.68 bits per heavy atom. The van der Waals surface area contributed by atoms with Crippen molar-refractivity contribution in [3.8, 4) is 11.1 Å². The van der Waals surface area contributed by atoms with Crippen LogP contribution in [0, 0.1) is 22.0 Å². The van der Waals surface area contributed by atoms with Gasteiger partial charge in [-0.2, -0.15) is 0 Å². The van der Waals surface area contributed by atoms with E-state index in [1.165, 1.54) is 28.2 Å². The van der Waals surface area contributed by atoms with Gasteiger partial charge in [0, 0.05) is 12.1 Å². The number of hydrogen-bond acceptors (Lipinski definition) is 4. The average molecular weight is 376 g/mol. The van der Waals surface area contributed by atoms with Gasteiger partial charge in [-0.15, -0.1) is 0 Å². The van der Waals surface area contributed by atoms with E-state index in [0.717, 1.165) is 11.1 Å². The van der Waals surface area contributed by atoms with Crippen molar-refractivity contribution in [1.82, 2.24) is 0 Å². The summed E-state index contributed by atoms with van der Waals surface area (Å²) in [5, 5.41) is 10.8. The number of imide groups is 1. The molecule has 0 spiro atoms. The summed E-state index contributed by atoms with van der Waals surface area (Å²) in [6, 6.07) is 13.5. The minimum absolute atomic E-state index is 0.0374. The van der Waals surface area contributed by atoms with Crippen molar-refractivity contribution in [1.29, 1.82) is 0 Å². The lowest BCUT2D eigenvalue weighted by atomic mass is 9.78. The van der Waals surface area contributed by atoms with E-state index in [0.29, 0.717) is 18.5 Å². The van der Waals surface area contributed by atoms with Crippen LogP contribution in [-0.4, -0.2) is 16.7 Å². The number of fused-ring (bicyclic) bond motifs is 1. The molecule has 6 nitrogen and oxygen atoms in total. The van der Waals surface area contributed by atoms with Crippen molar-refractivity contribution in [3.63, 3.8) is 0 Å². The first kappa shape index (κ1) is 18.1. The standard InChI is InChI=1S/C22H20N2O4/c1-13-11-19-20(12-14(13)2)22(26)23(21(19)25)17-7-3-15(4-8-17)16-5-9-18(10-6-16)24(27)28/h3-10,19-20H,11-12H2,1-2H3. The molecule has 2 aromatic carbocycles. The number of anilines is 1. The lowest BCUT2D eigenvalue weighted by Crippen LogP contribution is -2.30. The second kappa shape index (κ2) is 6.71. The molecule has 2 amide bonds. The van der Waals surface area contributed by atoms with Gasteiger partial charge in [0.25, 0.3) is 5.69 Å². The number of nitrogens with zero attached hydrogens (tertiary/aromatic N) is 2. The van der Waals surface area contributed by atoms with Crippen LogP contribution in [0.3, 0.4) is 0 Å². The van der Waals surface area contributed by atoms with Gasteiger partial charge < -0.3 is 0 Å². The smallest absolute Gasteiger partial charge is 0.269 e. The molecular weight excluding hydrogens is 356 g/mol. The van der Waals surface area contributed by atoms with Gasteiger partial charge in [-0.25, -0.2) is 0 Å². The lowest BCUT2D eigenvalue weighted by Gasteiger charge is -2.23. The summed E-state index contributed by atoms with van der Waals surface area (Å²) in [5.41, 5.74) is 4.72. The van der Waals surface area contributed by atoms with Crippen molar-refractivity contribution in [3.05, 3.63) is 69.8 Å². The third-order valence-corrected chi connectivity index (χ3v) is 5.88. The van der Waals surface area contributed by atoms with Crippen LogP contribution in [0.5, 0.6) is 0 Å². The lowest BCUT2D eigenvalue weighted by molar-refractivity contribution is -0.384. The maximum atomic E-state index is 12.9. The molecule has 0 saturated carbocycles. The van der Waals surface area contributed by atoms with E-state index in [9.17, 15) is 19.7 Å². The molecule has 142 valence electrons. The second-order valence-corrected chi connectivity index (χ2v) is 7.54. The van der Waals surface area contributed by atoms with Crippen molar-refractivity contribution >= 4 is 23.2 Å². The van der Waals surface area contributed by atoms with Crippen molar-refractivity contribution in [2.24, 2.45) is 11.8 Å². The predicted molar refractivity (Wildman–Crippen MR) is 106 cm³/mol. The molecular formula is C22H20N2O4. The topological polar surface area (TPSA) is 80.5 Å². The largest absolute Gasteiger partial charge is 0.274 e. The van der Waals surface area contributed by atoms with Crippen molar-refractivity contribution < 1.29 is 14.5 Å². The Balaban J connectivity index is 1.58. The van der Waals surface area contributed by atoms with Gasteiger partial charge in [0.15, 0.2) is 0 Å². The van der Waals surface area contributed by atoms with E-state index in [-0.39, 0.29) is 29.3 Å². The van der Waals surface area contributed by atoms with E-state index >= 15 is 0 Å². The number of rotatable bonds is 3. The highest BCUT2D eigenvalue weighted by molar-refractivity contribution is 6.22. The Bertz CT molecular complexity index is 974. The summed E-state index contributed by atoms with van der Waals surface area (Å²) < 4.78 is 0. The number of carbonyl (C=O) groups excluding carboxylic acids is 2. The summed E-state index contributed by atoms with van der Waals surface area (Å²) in [5.74, 6) is -0.758. The van der Waals surface area contributed by atoms with E-state index < -0.39 is 4.92 Å². The zero-order valence-corrected chi connectivity index (χ0v) is 15.7. The summed E-state index contributed by atoms with van der Waals surface area (Å²) in [7, 11) is 0. The van der Waals surface area contributed by atoms with Crippen molar-refractivity contribution in [2.45, 2.75) is 26.7 Å². The molecule has 1 aliphatic carbocycles. The first-order chi connectivity index (χ1) is 13.4. The third kappa shape index (κ3) is 2.91. The van der Waals surface area contributed by atoms with Crippen LogP contribution >= 0.6 is 0 Å². The van der Waals surface area contributed by atoms with Crippen LogP contribution in [0.4, 0.5) is 11.4 Å². The van der Waals surface area contributed by atoms with E-state index in [2.05, 4.69) is 0 Å². The van der Waals surface area contributed by atoms with Crippen LogP contribution in [-0.2, 0) is 9.59 Å².